The number of carbonyl (C=O) groups is 1. The maximum atomic E-state index is 12.7. The van der Waals surface area contributed by atoms with Crippen LogP contribution in [0.2, 0.25) is 0 Å². The maximum Gasteiger partial charge on any atom is 0.414 e. The van der Waals surface area contributed by atoms with Gasteiger partial charge < -0.3 is 19.7 Å². The normalized spacial score (nSPS) is 10.8. The fourth-order valence-corrected chi connectivity index (χ4v) is 3.55. The highest BCUT2D eigenvalue weighted by Crippen LogP contribution is 2.27. The van der Waals surface area contributed by atoms with Gasteiger partial charge in [-0.15, -0.1) is 0 Å². The lowest BCUT2D eigenvalue weighted by Gasteiger charge is -2.14. The number of aromatic nitrogens is 1. The number of anilines is 3. The van der Waals surface area contributed by atoms with Gasteiger partial charge in [0.25, 0.3) is 10.0 Å². The fourth-order valence-electron chi connectivity index (χ4n) is 2.48. The van der Waals surface area contributed by atoms with Crippen molar-refractivity contribution < 1.29 is 22.7 Å². The Hall–Kier alpha value is -3.79. The van der Waals surface area contributed by atoms with E-state index in [1.807, 2.05) is 0 Å². The fraction of sp³-hybridized carbons (Fsp3) is 0.143. The highest BCUT2D eigenvalue weighted by Gasteiger charge is 2.17. The van der Waals surface area contributed by atoms with Crippen LogP contribution >= 0.6 is 0 Å². The van der Waals surface area contributed by atoms with Crippen LogP contribution in [0.25, 0.3) is 0 Å². The van der Waals surface area contributed by atoms with Crippen molar-refractivity contribution >= 4 is 33.3 Å². The molecule has 0 atom stereocenters. The molecule has 0 fully saturated rings. The lowest BCUT2D eigenvalue weighted by Crippen LogP contribution is -2.25. The first-order valence-corrected chi connectivity index (χ1v) is 10.6. The number of amides is 1. The zero-order valence-electron chi connectivity index (χ0n) is 17.2. The molecule has 3 aromatic rings. The van der Waals surface area contributed by atoms with Crippen molar-refractivity contribution in [2.45, 2.75) is 4.90 Å². The summed E-state index contributed by atoms with van der Waals surface area (Å²) in [6.07, 6.45) is 1.06. The molecule has 3 rings (SSSR count). The average molecular weight is 442 g/mol. The largest absolute Gasteiger partial charge is 0.497 e. The molecule has 1 heterocycles. The van der Waals surface area contributed by atoms with Gasteiger partial charge in [0.15, 0.2) is 5.82 Å². The summed E-state index contributed by atoms with van der Waals surface area (Å²) in [4.78, 5) is 17.3. The molecule has 0 saturated carbocycles. The number of nitrogens with zero attached hydrogens (tertiary/aromatic N) is 2. The van der Waals surface area contributed by atoms with Crippen molar-refractivity contribution in [2.24, 2.45) is 0 Å². The molecule has 0 unspecified atom stereocenters. The highest BCUT2D eigenvalue weighted by atomic mass is 32.2. The van der Waals surface area contributed by atoms with Gasteiger partial charge in [0.05, 0.1) is 17.7 Å². The number of rotatable bonds is 7. The van der Waals surface area contributed by atoms with Gasteiger partial charge in [-0.2, -0.15) is 0 Å². The number of sulfonamides is 1. The lowest BCUT2D eigenvalue weighted by atomic mass is 10.3. The Morgan fingerprint density at radius 1 is 0.968 bits per heavy atom. The van der Waals surface area contributed by atoms with Gasteiger partial charge in [0.1, 0.15) is 11.5 Å². The van der Waals surface area contributed by atoms with Crippen LogP contribution in [-0.2, 0) is 10.0 Å². The van der Waals surface area contributed by atoms with Gasteiger partial charge >= 0.3 is 6.09 Å². The van der Waals surface area contributed by atoms with E-state index in [9.17, 15) is 13.2 Å². The van der Waals surface area contributed by atoms with E-state index in [4.69, 9.17) is 9.47 Å². The molecule has 0 bridgehead atoms. The molecular formula is C21H22N4O5S. The summed E-state index contributed by atoms with van der Waals surface area (Å²) >= 11 is 0. The third kappa shape index (κ3) is 5.64. The van der Waals surface area contributed by atoms with Crippen molar-refractivity contribution in [1.29, 1.82) is 0 Å². The highest BCUT2D eigenvalue weighted by molar-refractivity contribution is 7.92. The van der Waals surface area contributed by atoms with Crippen molar-refractivity contribution in [1.82, 2.24) is 9.88 Å². The first-order chi connectivity index (χ1) is 14.8. The van der Waals surface area contributed by atoms with Crippen LogP contribution < -0.4 is 19.5 Å². The van der Waals surface area contributed by atoms with Gasteiger partial charge in [-0.3, -0.25) is 4.72 Å². The van der Waals surface area contributed by atoms with Gasteiger partial charge in [-0.05, 0) is 60.7 Å². The second-order valence-corrected chi connectivity index (χ2v) is 8.27. The summed E-state index contributed by atoms with van der Waals surface area (Å²) in [5.41, 5.74) is 0.912. The molecule has 0 spiro atoms. The smallest absolute Gasteiger partial charge is 0.414 e. The molecule has 9 nitrogen and oxygen atoms in total. The van der Waals surface area contributed by atoms with Crippen LogP contribution in [0, 0.1) is 0 Å². The number of hydrogen-bond donors (Lipinski definition) is 2. The van der Waals surface area contributed by atoms with Crippen molar-refractivity contribution in [3.63, 3.8) is 0 Å². The number of methoxy groups -OCH3 is 1. The van der Waals surface area contributed by atoms with E-state index in [1.165, 1.54) is 24.1 Å². The second-order valence-electron chi connectivity index (χ2n) is 6.59. The quantitative estimate of drug-likeness (QED) is 0.574. The SMILES string of the molecule is COc1ccc(S(=O)(=O)Nc2cccnc2Nc2ccc(OC(=O)N(C)C)cc2)cc1. The van der Waals surface area contributed by atoms with Crippen LogP contribution in [0.15, 0.2) is 71.8 Å². The van der Waals surface area contributed by atoms with E-state index < -0.39 is 16.1 Å². The Kier molecular flexibility index (Phi) is 6.61. The van der Waals surface area contributed by atoms with Crippen LogP contribution in [0.3, 0.4) is 0 Å². The minimum Gasteiger partial charge on any atom is -0.497 e. The molecule has 31 heavy (non-hydrogen) atoms. The van der Waals surface area contributed by atoms with E-state index in [1.54, 1.807) is 68.8 Å². The van der Waals surface area contributed by atoms with E-state index in [-0.39, 0.29) is 10.6 Å². The predicted octanol–water partition coefficient (Wildman–Crippen LogP) is 3.70. The van der Waals surface area contributed by atoms with Crippen molar-refractivity contribution in [3.8, 4) is 11.5 Å². The Morgan fingerprint density at radius 2 is 1.61 bits per heavy atom. The molecule has 2 aromatic carbocycles. The minimum absolute atomic E-state index is 0.0927. The number of carbonyl (C=O) groups excluding carboxylic acids is 1. The van der Waals surface area contributed by atoms with Gasteiger partial charge in [0.2, 0.25) is 0 Å². The first kappa shape index (κ1) is 21.9. The Morgan fingerprint density at radius 3 is 2.23 bits per heavy atom. The van der Waals surface area contributed by atoms with Crippen LogP contribution in [0.5, 0.6) is 11.5 Å². The molecule has 2 N–H and O–H groups in total. The molecule has 0 aliphatic rings. The molecule has 0 aliphatic carbocycles. The molecule has 1 amide bonds. The summed E-state index contributed by atoms with van der Waals surface area (Å²) in [6, 6.07) is 15.9. The van der Waals surface area contributed by atoms with Crippen molar-refractivity contribution in [2.75, 3.05) is 31.2 Å². The van der Waals surface area contributed by atoms with E-state index in [0.29, 0.717) is 23.0 Å². The predicted molar refractivity (Wildman–Crippen MR) is 117 cm³/mol. The van der Waals surface area contributed by atoms with E-state index in [2.05, 4.69) is 15.0 Å². The first-order valence-electron chi connectivity index (χ1n) is 9.16. The summed E-state index contributed by atoms with van der Waals surface area (Å²) in [5.74, 6) is 1.26. The standard InChI is InChI=1S/C21H22N4O5S/c1-25(2)21(26)30-17-8-6-15(7-9-17)23-20-19(5-4-14-22-20)24-31(27,28)18-12-10-16(29-3)11-13-18/h4-14,24H,1-3H3,(H,22,23). The van der Waals surface area contributed by atoms with E-state index >= 15 is 0 Å². The third-order valence-corrected chi connectivity index (χ3v) is 5.49. The molecular weight excluding hydrogens is 420 g/mol. The van der Waals surface area contributed by atoms with Gasteiger partial charge in [0, 0.05) is 26.0 Å². The summed E-state index contributed by atoms with van der Waals surface area (Å²) in [5, 5.41) is 3.06. The third-order valence-electron chi connectivity index (χ3n) is 4.11. The number of benzene rings is 2. The number of pyridine rings is 1. The zero-order chi connectivity index (χ0) is 22.4. The zero-order valence-corrected chi connectivity index (χ0v) is 18.0. The topological polar surface area (TPSA) is 110 Å². The molecule has 0 radical (unpaired) electrons. The summed E-state index contributed by atoms with van der Waals surface area (Å²) < 4.78 is 38.3. The number of hydrogen-bond acceptors (Lipinski definition) is 7. The lowest BCUT2D eigenvalue weighted by molar-refractivity contribution is 0.172. The van der Waals surface area contributed by atoms with Crippen molar-refractivity contribution in [3.05, 3.63) is 66.9 Å². The summed E-state index contributed by atoms with van der Waals surface area (Å²) in [7, 11) is 0.861. The average Bonchev–Trinajstić information content (AvgIpc) is 2.76. The number of ether oxygens (including phenoxy) is 2. The monoisotopic (exact) mass is 442 g/mol. The molecule has 10 heteroatoms. The number of nitrogens with one attached hydrogen (secondary N) is 2. The van der Waals surface area contributed by atoms with Crippen LogP contribution in [0.4, 0.5) is 22.0 Å². The van der Waals surface area contributed by atoms with E-state index in [0.717, 1.165) is 0 Å². The van der Waals surface area contributed by atoms with Crippen LogP contribution in [0.1, 0.15) is 0 Å². The molecule has 162 valence electrons. The minimum atomic E-state index is -3.83. The van der Waals surface area contributed by atoms with Gasteiger partial charge in [-0.25, -0.2) is 18.2 Å². The summed E-state index contributed by atoms with van der Waals surface area (Å²) in [6.45, 7) is 0. The maximum absolute atomic E-state index is 12.7. The Bertz CT molecular complexity index is 1150. The Labute approximate surface area is 180 Å². The van der Waals surface area contributed by atoms with Crippen LogP contribution in [-0.4, -0.2) is 45.6 Å². The second kappa shape index (κ2) is 9.35. The molecule has 1 aromatic heterocycles. The molecule has 0 saturated heterocycles. The van der Waals surface area contributed by atoms with Gasteiger partial charge in [-0.1, -0.05) is 0 Å². The molecule has 0 aliphatic heterocycles. The Balaban J connectivity index is 1.76.